The maximum Gasteiger partial charge on any atom is 0.242 e. The van der Waals surface area contributed by atoms with E-state index < -0.39 is 11.4 Å². The molecule has 0 aromatic heterocycles. The molecule has 110 valence electrons. The van der Waals surface area contributed by atoms with Gasteiger partial charge in [-0.25, -0.2) is 0 Å². The van der Waals surface area contributed by atoms with Crippen molar-refractivity contribution in [3.63, 3.8) is 0 Å². The number of carbonyl (C=O) groups excluding carboxylic acids is 1. The van der Waals surface area contributed by atoms with Crippen molar-refractivity contribution in [3.05, 3.63) is 35.9 Å². The minimum atomic E-state index is -1.07. The quantitative estimate of drug-likeness (QED) is 0.857. The van der Waals surface area contributed by atoms with E-state index in [2.05, 4.69) is 11.8 Å². The Kier molecular flexibility index (Phi) is 4.78. The number of benzene rings is 1. The molecule has 2 rings (SSSR count). The molecule has 1 aromatic carbocycles. The van der Waals surface area contributed by atoms with Gasteiger partial charge in [-0.2, -0.15) is 0 Å². The highest BCUT2D eigenvalue weighted by Crippen LogP contribution is 2.24. The number of primary amides is 1. The van der Waals surface area contributed by atoms with Crippen molar-refractivity contribution < 1.29 is 4.79 Å². The topological polar surface area (TPSA) is 72.3 Å². The number of nitrogens with two attached hydrogens (primary N) is 2. The summed E-state index contributed by atoms with van der Waals surface area (Å²) in [6.45, 7) is 4.14. The zero-order valence-corrected chi connectivity index (χ0v) is 12.2. The van der Waals surface area contributed by atoms with Crippen LogP contribution in [0, 0.1) is 0 Å². The van der Waals surface area contributed by atoms with E-state index in [1.807, 2.05) is 30.3 Å². The Hall–Kier alpha value is -1.39. The van der Waals surface area contributed by atoms with Crippen LogP contribution in [-0.4, -0.2) is 29.9 Å². The summed E-state index contributed by atoms with van der Waals surface area (Å²) >= 11 is 0. The van der Waals surface area contributed by atoms with E-state index in [1.54, 1.807) is 0 Å². The number of piperidine rings is 1. The maximum absolute atomic E-state index is 11.9. The van der Waals surface area contributed by atoms with Crippen LogP contribution in [0.4, 0.5) is 0 Å². The average Bonchev–Trinajstić information content (AvgIpc) is 2.47. The normalized spacial score (nSPS) is 23.2. The summed E-state index contributed by atoms with van der Waals surface area (Å²) in [5.74, 6) is -0.451. The number of rotatable bonds is 5. The SMILES string of the molecule is CC1CCCCN1CCC(N)(C(N)=O)c1ccccc1. The van der Waals surface area contributed by atoms with Crippen LogP contribution < -0.4 is 11.5 Å². The summed E-state index contributed by atoms with van der Waals surface area (Å²) in [6, 6.07) is 10.0. The first kappa shape index (κ1) is 15.0. The van der Waals surface area contributed by atoms with E-state index in [9.17, 15) is 4.79 Å². The third kappa shape index (κ3) is 3.19. The first-order chi connectivity index (χ1) is 9.54. The number of nitrogens with zero attached hydrogens (tertiary/aromatic N) is 1. The monoisotopic (exact) mass is 275 g/mol. The van der Waals surface area contributed by atoms with E-state index in [4.69, 9.17) is 11.5 Å². The smallest absolute Gasteiger partial charge is 0.242 e. The Morgan fingerprint density at radius 1 is 1.35 bits per heavy atom. The molecule has 0 aliphatic carbocycles. The van der Waals surface area contributed by atoms with Gasteiger partial charge in [0.15, 0.2) is 0 Å². The molecular formula is C16H25N3O. The first-order valence-electron chi connectivity index (χ1n) is 7.42. The van der Waals surface area contributed by atoms with Gasteiger partial charge in [0, 0.05) is 12.6 Å². The van der Waals surface area contributed by atoms with E-state index in [0.29, 0.717) is 12.5 Å². The Morgan fingerprint density at radius 3 is 2.65 bits per heavy atom. The molecule has 1 aliphatic heterocycles. The standard InChI is InChI=1S/C16H25N3O/c1-13-7-5-6-11-19(13)12-10-16(18,15(17)20)14-8-3-2-4-9-14/h2-4,8-9,13H,5-7,10-12,18H2,1H3,(H2,17,20). The van der Waals surface area contributed by atoms with Crippen LogP contribution in [0.2, 0.25) is 0 Å². The van der Waals surface area contributed by atoms with E-state index in [-0.39, 0.29) is 0 Å². The summed E-state index contributed by atoms with van der Waals surface area (Å²) in [5, 5.41) is 0. The third-order valence-corrected chi connectivity index (χ3v) is 4.46. The fraction of sp³-hybridized carbons (Fsp3) is 0.562. The predicted octanol–water partition coefficient (Wildman–Crippen LogP) is 1.59. The van der Waals surface area contributed by atoms with Crippen molar-refractivity contribution in [1.82, 2.24) is 4.90 Å². The lowest BCUT2D eigenvalue weighted by molar-refractivity contribution is -0.123. The molecule has 1 aromatic rings. The first-order valence-corrected chi connectivity index (χ1v) is 7.42. The van der Waals surface area contributed by atoms with Gasteiger partial charge >= 0.3 is 0 Å². The van der Waals surface area contributed by atoms with Crippen LogP contribution in [0.25, 0.3) is 0 Å². The summed E-state index contributed by atoms with van der Waals surface area (Å²) < 4.78 is 0. The highest BCUT2D eigenvalue weighted by atomic mass is 16.1. The van der Waals surface area contributed by atoms with Crippen LogP contribution >= 0.6 is 0 Å². The molecule has 0 radical (unpaired) electrons. The van der Waals surface area contributed by atoms with Crippen LogP contribution in [0.1, 0.15) is 38.2 Å². The lowest BCUT2D eigenvalue weighted by Crippen LogP contribution is -2.52. The molecular weight excluding hydrogens is 250 g/mol. The van der Waals surface area contributed by atoms with E-state index in [1.165, 1.54) is 19.3 Å². The van der Waals surface area contributed by atoms with Crippen molar-refractivity contribution in [1.29, 1.82) is 0 Å². The summed E-state index contributed by atoms with van der Waals surface area (Å²) in [7, 11) is 0. The average molecular weight is 275 g/mol. The van der Waals surface area contributed by atoms with E-state index >= 15 is 0 Å². The molecule has 4 nitrogen and oxygen atoms in total. The van der Waals surface area contributed by atoms with Crippen molar-refractivity contribution >= 4 is 5.91 Å². The number of carbonyl (C=O) groups is 1. The number of hydrogen-bond acceptors (Lipinski definition) is 3. The summed E-state index contributed by atoms with van der Waals surface area (Å²) in [6.07, 6.45) is 4.31. The Bertz CT molecular complexity index is 448. The van der Waals surface area contributed by atoms with Gasteiger partial charge in [-0.3, -0.25) is 4.79 Å². The molecule has 1 aliphatic rings. The molecule has 0 spiro atoms. The lowest BCUT2D eigenvalue weighted by Gasteiger charge is -2.36. The lowest BCUT2D eigenvalue weighted by atomic mass is 9.86. The molecule has 1 heterocycles. The zero-order chi connectivity index (χ0) is 14.6. The number of amides is 1. The number of likely N-dealkylation sites (tertiary alicyclic amines) is 1. The molecule has 0 bridgehead atoms. The van der Waals surface area contributed by atoms with Crippen LogP contribution in [0.5, 0.6) is 0 Å². The Morgan fingerprint density at radius 2 is 2.05 bits per heavy atom. The predicted molar refractivity (Wildman–Crippen MR) is 81.0 cm³/mol. The molecule has 2 atom stereocenters. The van der Waals surface area contributed by atoms with Gasteiger partial charge in [-0.1, -0.05) is 36.8 Å². The van der Waals surface area contributed by atoms with Gasteiger partial charge in [0.05, 0.1) is 0 Å². The van der Waals surface area contributed by atoms with Gasteiger partial charge < -0.3 is 16.4 Å². The summed E-state index contributed by atoms with van der Waals surface area (Å²) in [4.78, 5) is 14.3. The van der Waals surface area contributed by atoms with Crippen molar-refractivity contribution in [2.24, 2.45) is 11.5 Å². The second-order valence-electron chi connectivity index (χ2n) is 5.83. The molecule has 1 amide bonds. The Balaban J connectivity index is 2.08. The highest BCUT2D eigenvalue weighted by molar-refractivity contribution is 5.85. The van der Waals surface area contributed by atoms with Crippen LogP contribution in [0.15, 0.2) is 30.3 Å². The van der Waals surface area contributed by atoms with E-state index in [0.717, 1.165) is 18.7 Å². The molecule has 1 saturated heterocycles. The van der Waals surface area contributed by atoms with Crippen molar-refractivity contribution in [3.8, 4) is 0 Å². The van der Waals surface area contributed by atoms with Crippen LogP contribution in [0.3, 0.4) is 0 Å². The fourth-order valence-electron chi connectivity index (χ4n) is 2.96. The minimum Gasteiger partial charge on any atom is -0.368 e. The molecule has 20 heavy (non-hydrogen) atoms. The second-order valence-corrected chi connectivity index (χ2v) is 5.83. The van der Waals surface area contributed by atoms with Gasteiger partial charge in [0.1, 0.15) is 5.54 Å². The van der Waals surface area contributed by atoms with Gasteiger partial charge in [-0.15, -0.1) is 0 Å². The van der Waals surface area contributed by atoms with Crippen molar-refractivity contribution in [2.75, 3.05) is 13.1 Å². The highest BCUT2D eigenvalue weighted by Gasteiger charge is 2.34. The van der Waals surface area contributed by atoms with Gasteiger partial charge in [0.2, 0.25) is 5.91 Å². The molecule has 4 heteroatoms. The van der Waals surface area contributed by atoms with Gasteiger partial charge in [0.25, 0.3) is 0 Å². The summed E-state index contributed by atoms with van der Waals surface area (Å²) in [5.41, 5.74) is 11.6. The number of hydrogen-bond donors (Lipinski definition) is 2. The molecule has 2 unspecified atom stereocenters. The second kappa shape index (κ2) is 6.37. The molecule has 0 saturated carbocycles. The molecule has 4 N–H and O–H groups in total. The fourth-order valence-corrected chi connectivity index (χ4v) is 2.96. The maximum atomic E-state index is 11.9. The van der Waals surface area contributed by atoms with Gasteiger partial charge in [-0.05, 0) is 38.3 Å². The van der Waals surface area contributed by atoms with Crippen molar-refractivity contribution in [2.45, 2.75) is 44.2 Å². The molecule has 1 fully saturated rings. The zero-order valence-electron chi connectivity index (χ0n) is 12.2. The third-order valence-electron chi connectivity index (χ3n) is 4.46. The minimum absolute atomic E-state index is 0.451. The van der Waals surface area contributed by atoms with Crippen LogP contribution in [-0.2, 0) is 10.3 Å². The Labute approximate surface area is 121 Å². The largest absolute Gasteiger partial charge is 0.368 e.